The maximum Gasteiger partial charge on any atom is 0.328 e. The minimum atomic E-state index is -0.900. The molecule has 3 nitrogen and oxygen atoms in total. The van der Waals surface area contributed by atoms with Gasteiger partial charge in [-0.3, -0.25) is 0 Å². The number of carbonyl (C=O) groups is 1. The highest BCUT2D eigenvalue weighted by molar-refractivity contribution is 5.82. The third-order valence-corrected chi connectivity index (χ3v) is 3.70. The Kier molecular flexibility index (Phi) is 2.72. The lowest BCUT2D eigenvalue weighted by atomic mass is 9.72. The van der Waals surface area contributed by atoms with Crippen LogP contribution in [0.3, 0.4) is 0 Å². The van der Waals surface area contributed by atoms with Crippen LogP contribution in [-0.2, 0) is 10.3 Å². The van der Waals surface area contributed by atoms with Crippen LogP contribution in [0.1, 0.15) is 36.8 Å². The van der Waals surface area contributed by atoms with Gasteiger partial charge in [0.2, 0.25) is 0 Å². The molecular weight excluding hydrogens is 202 g/mol. The number of likely N-dealkylation sites (N-methyl/N-ethyl adjacent to an activating group) is 1. The predicted octanol–water partition coefficient (Wildman–Crippen LogP) is 2.08. The molecule has 0 bridgehead atoms. The molecule has 1 aromatic rings. The van der Waals surface area contributed by atoms with Crippen molar-refractivity contribution in [3.63, 3.8) is 0 Å². The van der Waals surface area contributed by atoms with Gasteiger partial charge in [0.25, 0.3) is 0 Å². The summed E-state index contributed by atoms with van der Waals surface area (Å²) in [5.41, 5.74) is 1.18. The first-order chi connectivity index (χ1) is 7.62. The minimum Gasteiger partial charge on any atom is -0.480 e. The third kappa shape index (κ3) is 1.43. The van der Waals surface area contributed by atoms with Crippen molar-refractivity contribution in [2.45, 2.75) is 31.2 Å². The van der Waals surface area contributed by atoms with Crippen LogP contribution in [-0.4, -0.2) is 18.1 Å². The van der Waals surface area contributed by atoms with Crippen molar-refractivity contribution in [2.75, 3.05) is 7.05 Å². The van der Waals surface area contributed by atoms with Crippen LogP contribution in [0, 0.1) is 0 Å². The number of carboxylic acid groups (broad SMARTS) is 1. The molecule has 2 rings (SSSR count). The maximum atomic E-state index is 11.5. The average molecular weight is 219 g/mol. The van der Waals surface area contributed by atoms with E-state index in [0.29, 0.717) is 12.3 Å². The zero-order chi connectivity index (χ0) is 11.8. The van der Waals surface area contributed by atoms with Gasteiger partial charge in [-0.25, -0.2) is 4.79 Å². The quantitative estimate of drug-likeness (QED) is 0.800. The summed E-state index contributed by atoms with van der Waals surface area (Å²) < 4.78 is 0. The van der Waals surface area contributed by atoms with Crippen molar-refractivity contribution in [1.82, 2.24) is 5.32 Å². The Morgan fingerprint density at radius 1 is 1.50 bits per heavy atom. The number of fused-ring (bicyclic) bond motifs is 1. The van der Waals surface area contributed by atoms with E-state index in [1.807, 2.05) is 24.3 Å². The fraction of sp³-hybridized carbons (Fsp3) is 0.462. The van der Waals surface area contributed by atoms with Gasteiger partial charge in [-0.15, -0.1) is 0 Å². The molecule has 1 aliphatic rings. The zero-order valence-corrected chi connectivity index (χ0v) is 9.66. The molecule has 2 N–H and O–H groups in total. The molecule has 0 heterocycles. The summed E-state index contributed by atoms with van der Waals surface area (Å²) in [5, 5.41) is 12.5. The monoisotopic (exact) mass is 219 g/mol. The number of rotatable bonds is 2. The predicted molar refractivity (Wildman–Crippen MR) is 62.5 cm³/mol. The van der Waals surface area contributed by atoms with E-state index in [4.69, 9.17) is 0 Å². The van der Waals surface area contributed by atoms with E-state index < -0.39 is 11.5 Å². The van der Waals surface area contributed by atoms with E-state index in [2.05, 4.69) is 12.2 Å². The number of nitrogens with one attached hydrogen (secondary N) is 1. The first-order valence-corrected chi connectivity index (χ1v) is 5.63. The van der Waals surface area contributed by atoms with E-state index in [1.54, 1.807) is 7.05 Å². The van der Waals surface area contributed by atoms with Gasteiger partial charge in [0.1, 0.15) is 5.54 Å². The van der Waals surface area contributed by atoms with Crippen molar-refractivity contribution < 1.29 is 9.90 Å². The molecular formula is C13H17NO2. The smallest absolute Gasteiger partial charge is 0.328 e. The molecule has 0 aromatic heterocycles. The van der Waals surface area contributed by atoms with Crippen molar-refractivity contribution in [2.24, 2.45) is 0 Å². The number of benzene rings is 1. The lowest BCUT2D eigenvalue weighted by molar-refractivity contribution is -0.146. The van der Waals surface area contributed by atoms with E-state index >= 15 is 0 Å². The summed E-state index contributed by atoms with van der Waals surface area (Å²) in [6.45, 7) is 2.15. The molecule has 1 aliphatic carbocycles. The van der Waals surface area contributed by atoms with Crippen molar-refractivity contribution in [3.8, 4) is 0 Å². The van der Waals surface area contributed by atoms with E-state index in [-0.39, 0.29) is 0 Å². The molecule has 86 valence electrons. The molecule has 0 spiro atoms. The third-order valence-electron chi connectivity index (χ3n) is 3.70. The number of carboxylic acids is 1. The summed E-state index contributed by atoms with van der Waals surface area (Å²) >= 11 is 0. The number of hydrogen-bond acceptors (Lipinski definition) is 2. The van der Waals surface area contributed by atoms with Gasteiger partial charge in [0.15, 0.2) is 0 Å². The second-order valence-corrected chi connectivity index (χ2v) is 4.49. The average Bonchev–Trinajstić information content (AvgIpc) is 2.30. The van der Waals surface area contributed by atoms with E-state index in [9.17, 15) is 9.90 Å². The van der Waals surface area contributed by atoms with E-state index in [1.165, 1.54) is 0 Å². The highest BCUT2D eigenvalue weighted by Crippen LogP contribution is 2.41. The van der Waals surface area contributed by atoms with Crippen LogP contribution >= 0.6 is 0 Å². The van der Waals surface area contributed by atoms with Crippen LogP contribution in [0.15, 0.2) is 24.3 Å². The lowest BCUT2D eigenvalue weighted by Gasteiger charge is -2.37. The summed E-state index contributed by atoms with van der Waals surface area (Å²) in [5.74, 6) is -0.341. The van der Waals surface area contributed by atoms with E-state index in [0.717, 1.165) is 17.5 Å². The molecule has 0 amide bonds. The van der Waals surface area contributed by atoms with Crippen molar-refractivity contribution in [1.29, 1.82) is 0 Å². The Hall–Kier alpha value is -1.35. The molecule has 0 radical (unpaired) electrons. The molecule has 0 saturated carbocycles. The fourth-order valence-electron chi connectivity index (χ4n) is 2.63. The van der Waals surface area contributed by atoms with Crippen LogP contribution < -0.4 is 5.32 Å². The largest absolute Gasteiger partial charge is 0.480 e. The number of hydrogen-bond donors (Lipinski definition) is 2. The second-order valence-electron chi connectivity index (χ2n) is 4.49. The Morgan fingerprint density at radius 2 is 2.19 bits per heavy atom. The molecule has 0 fully saturated rings. The minimum absolute atomic E-state index is 0.442. The summed E-state index contributed by atoms with van der Waals surface area (Å²) in [6, 6.07) is 7.85. The standard InChI is InChI=1S/C13H17NO2/c1-9-7-8-13(14-2,12(15)16)11-6-4-3-5-10(9)11/h3-6,9,14H,7-8H2,1-2H3,(H,15,16). The second kappa shape index (κ2) is 3.91. The Morgan fingerprint density at radius 3 is 2.81 bits per heavy atom. The first kappa shape index (κ1) is 11.1. The maximum absolute atomic E-state index is 11.5. The molecule has 3 heteroatoms. The molecule has 2 unspecified atom stereocenters. The highest BCUT2D eigenvalue weighted by Gasteiger charge is 2.43. The first-order valence-electron chi connectivity index (χ1n) is 5.63. The van der Waals surface area contributed by atoms with Gasteiger partial charge in [0.05, 0.1) is 0 Å². The molecule has 2 atom stereocenters. The van der Waals surface area contributed by atoms with Crippen LogP contribution in [0.5, 0.6) is 0 Å². The molecule has 16 heavy (non-hydrogen) atoms. The SMILES string of the molecule is CNC1(C(=O)O)CCC(C)c2ccccc21. The Labute approximate surface area is 95.5 Å². The molecule has 0 aliphatic heterocycles. The summed E-state index contributed by atoms with van der Waals surface area (Å²) in [7, 11) is 1.72. The van der Waals surface area contributed by atoms with Gasteiger partial charge >= 0.3 is 5.97 Å². The fourth-order valence-corrected chi connectivity index (χ4v) is 2.63. The van der Waals surface area contributed by atoms with Crippen molar-refractivity contribution in [3.05, 3.63) is 35.4 Å². The number of aliphatic carboxylic acids is 1. The zero-order valence-electron chi connectivity index (χ0n) is 9.66. The Balaban J connectivity index is 2.60. The summed E-state index contributed by atoms with van der Waals surface area (Å²) in [6.07, 6.45) is 1.56. The van der Waals surface area contributed by atoms with Crippen LogP contribution in [0.25, 0.3) is 0 Å². The lowest BCUT2D eigenvalue weighted by Crippen LogP contribution is -2.49. The topological polar surface area (TPSA) is 49.3 Å². The van der Waals surface area contributed by atoms with Crippen LogP contribution in [0.2, 0.25) is 0 Å². The van der Waals surface area contributed by atoms with Gasteiger partial charge in [-0.2, -0.15) is 0 Å². The molecule has 0 saturated heterocycles. The normalized spacial score (nSPS) is 28.5. The van der Waals surface area contributed by atoms with Gasteiger partial charge in [0, 0.05) is 0 Å². The van der Waals surface area contributed by atoms with Crippen molar-refractivity contribution >= 4 is 5.97 Å². The van der Waals surface area contributed by atoms with Crippen LogP contribution in [0.4, 0.5) is 0 Å². The van der Waals surface area contributed by atoms with Gasteiger partial charge in [-0.1, -0.05) is 31.2 Å². The highest BCUT2D eigenvalue weighted by atomic mass is 16.4. The van der Waals surface area contributed by atoms with Gasteiger partial charge in [-0.05, 0) is 36.9 Å². The Bertz CT molecular complexity index is 416. The summed E-state index contributed by atoms with van der Waals surface area (Å²) in [4.78, 5) is 11.5. The molecule has 1 aromatic carbocycles. The van der Waals surface area contributed by atoms with Gasteiger partial charge < -0.3 is 10.4 Å².